The van der Waals surface area contributed by atoms with Gasteiger partial charge in [0.15, 0.2) is 16.6 Å². The quantitative estimate of drug-likeness (QED) is 0.558. The molecule has 0 atom stereocenters. The highest BCUT2D eigenvalue weighted by atomic mass is 28.4. The SMILES string of the molecule is [CH][Si](C)(C)O[Si]([CH])(C)C. The van der Waals surface area contributed by atoms with Crippen LogP contribution in [0.1, 0.15) is 0 Å². The van der Waals surface area contributed by atoms with Gasteiger partial charge in [-0.25, -0.2) is 0 Å². The molecule has 9 heavy (non-hydrogen) atoms. The topological polar surface area (TPSA) is 9.23 Å². The maximum Gasteiger partial charge on any atom is 0.176 e. The van der Waals surface area contributed by atoms with Crippen molar-refractivity contribution in [2.24, 2.45) is 0 Å². The molecule has 0 aromatic rings. The summed E-state index contributed by atoms with van der Waals surface area (Å²) in [5.74, 6) is 0. The van der Waals surface area contributed by atoms with Crippen molar-refractivity contribution in [3.63, 3.8) is 0 Å². The second-order valence-corrected chi connectivity index (χ2v) is 10.5. The third-order valence-electron chi connectivity index (χ3n) is 0.526. The molecule has 0 N–H and O–H groups in total. The van der Waals surface area contributed by atoms with Crippen LogP contribution in [0.25, 0.3) is 0 Å². The van der Waals surface area contributed by atoms with Crippen LogP contribution >= 0.6 is 0 Å². The van der Waals surface area contributed by atoms with Crippen molar-refractivity contribution >= 4 is 16.6 Å². The van der Waals surface area contributed by atoms with Gasteiger partial charge in [-0.05, 0) is 39.3 Å². The van der Waals surface area contributed by atoms with Crippen molar-refractivity contribution < 1.29 is 4.12 Å². The fraction of sp³-hybridized carbons (Fsp3) is 0.667. The molecule has 0 aliphatic carbocycles. The lowest BCUT2D eigenvalue weighted by molar-refractivity contribution is 0.570. The molecule has 0 spiro atoms. The zero-order valence-electron chi connectivity index (χ0n) is 6.56. The molecule has 52 valence electrons. The van der Waals surface area contributed by atoms with Gasteiger partial charge in [-0.2, -0.15) is 0 Å². The normalized spacial score (nSPS) is 14.0. The van der Waals surface area contributed by atoms with Crippen LogP contribution in [0.3, 0.4) is 0 Å². The average Bonchev–Trinajstić information content (AvgIpc) is 1.14. The molecule has 0 aromatic carbocycles. The standard InChI is InChI=1S/C6H14OSi2/c1-8(2,3)7-9(4,5)6/h1,4H,2-3,5-6H3. The summed E-state index contributed by atoms with van der Waals surface area (Å²) in [5.41, 5.74) is 0. The van der Waals surface area contributed by atoms with Gasteiger partial charge in [0.25, 0.3) is 0 Å². The van der Waals surface area contributed by atoms with Gasteiger partial charge < -0.3 is 4.12 Å². The lowest BCUT2D eigenvalue weighted by Gasteiger charge is -2.27. The molecule has 3 heteroatoms. The first-order valence-electron chi connectivity index (χ1n) is 2.99. The van der Waals surface area contributed by atoms with Crippen LogP contribution in [-0.4, -0.2) is 16.6 Å². The minimum absolute atomic E-state index is 1.86. The molecule has 0 amide bonds. The van der Waals surface area contributed by atoms with Crippen molar-refractivity contribution in [2.45, 2.75) is 26.2 Å². The smallest absolute Gasteiger partial charge is 0.176 e. The van der Waals surface area contributed by atoms with Crippen LogP contribution in [0.15, 0.2) is 0 Å². The van der Waals surface area contributed by atoms with Crippen molar-refractivity contribution in [3.8, 4) is 0 Å². The third kappa shape index (κ3) is 8.39. The van der Waals surface area contributed by atoms with E-state index in [1.807, 2.05) is 26.2 Å². The highest BCUT2D eigenvalue weighted by Gasteiger charge is 2.24. The van der Waals surface area contributed by atoms with Crippen molar-refractivity contribution in [3.05, 3.63) is 13.1 Å². The van der Waals surface area contributed by atoms with Gasteiger partial charge in [0.2, 0.25) is 0 Å². The van der Waals surface area contributed by atoms with Gasteiger partial charge >= 0.3 is 0 Å². The molecule has 0 unspecified atom stereocenters. The van der Waals surface area contributed by atoms with Crippen LogP contribution < -0.4 is 0 Å². The Labute approximate surface area is 60.7 Å². The maximum atomic E-state index is 5.69. The van der Waals surface area contributed by atoms with E-state index in [0.717, 1.165) is 0 Å². The number of rotatable bonds is 2. The number of hydrogen-bond donors (Lipinski definition) is 0. The minimum Gasteiger partial charge on any atom is -0.455 e. The highest BCUT2D eigenvalue weighted by Crippen LogP contribution is 2.10. The summed E-state index contributed by atoms with van der Waals surface area (Å²) in [6.07, 6.45) is 0. The highest BCUT2D eigenvalue weighted by molar-refractivity contribution is 6.86. The molecule has 0 aromatic heterocycles. The summed E-state index contributed by atoms with van der Waals surface area (Å²) in [6.45, 7) is 19.1. The molecule has 0 rings (SSSR count). The van der Waals surface area contributed by atoms with Crippen molar-refractivity contribution in [1.82, 2.24) is 0 Å². The van der Waals surface area contributed by atoms with Gasteiger partial charge in [0.05, 0.1) is 0 Å². The van der Waals surface area contributed by atoms with Gasteiger partial charge in [-0.1, -0.05) is 0 Å². The lowest BCUT2D eigenvalue weighted by atomic mass is 11.8. The molecule has 0 heterocycles. The minimum atomic E-state index is -1.86. The van der Waals surface area contributed by atoms with Crippen LogP contribution in [0.2, 0.25) is 26.2 Å². The largest absolute Gasteiger partial charge is 0.455 e. The summed E-state index contributed by atoms with van der Waals surface area (Å²) in [6, 6.07) is 0. The van der Waals surface area contributed by atoms with Gasteiger partial charge in [-0.3, -0.25) is 0 Å². The Morgan fingerprint density at radius 2 is 1.11 bits per heavy atom. The van der Waals surface area contributed by atoms with Crippen LogP contribution in [0, 0.1) is 13.1 Å². The van der Waals surface area contributed by atoms with E-state index >= 15 is 0 Å². The van der Waals surface area contributed by atoms with E-state index in [2.05, 4.69) is 0 Å². The van der Waals surface area contributed by atoms with Crippen LogP contribution in [0.5, 0.6) is 0 Å². The monoisotopic (exact) mass is 158 g/mol. The van der Waals surface area contributed by atoms with Crippen LogP contribution in [0.4, 0.5) is 0 Å². The Morgan fingerprint density at radius 3 is 1.11 bits per heavy atom. The van der Waals surface area contributed by atoms with E-state index < -0.39 is 16.6 Å². The first-order chi connectivity index (χ1) is 3.71. The van der Waals surface area contributed by atoms with Gasteiger partial charge in [-0.15, -0.1) is 0 Å². The van der Waals surface area contributed by atoms with E-state index in [4.69, 9.17) is 17.2 Å². The van der Waals surface area contributed by atoms with Crippen molar-refractivity contribution in [2.75, 3.05) is 0 Å². The first kappa shape index (κ1) is 9.39. The Morgan fingerprint density at radius 1 is 0.889 bits per heavy atom. The maximum absolute atomic E-state index is 5.69. The third-order valence-corrected chi connectivity index (χ3v) is 4.73. The molecule has 1 nitrogen and oxygen atoms in total. The Hall–Kier alpha value is 0.394. The summed E-state index contributed by atoms with van der Waals surface area (Å²) in [7, 11) is -3.71. The summed E-state index contributed by atoms with van der Waals surface area (Å²) in [4.78, 5) is 0. The zero-order chi connectivity index (χ0) is 7.71. The van der Waals surface area contributed by atoms with E-state index in [1.54, 1.807) is 0 Å². The average molecular weight is 158 g/mol. The predicted molar refractivity (Wildman–Crippen MR) is 44.6 cm³/mol. The fourth-order valence-electron chi connectivity index (χ4n) is 0.678. The molecule has 0 aliphatic rings. The lowest BCUT2D eigenvalue weighted by Crippen LogP contribution is -2.40. The molecular weight excluding hydrogens is 144 g/mol. The Kier molecular flexibility index (Phi) is 2.67. The second-order valence-electron chi connectivity index (χ2n) is 3.31. The fourth-order valence-corrected chi connectivity index (χ4v) is 6.10. The molecule has 0 saturated carbocycles. The van der Waals surface area contributed by atoms with E-state index in [1.165, 1.54) is 0 Å². The van der Waals surface area contributed by atoms with Gasteiger partial charge in [0.1, 0.15) is 0 Å². The molecule has 0 fully saturated rings. The second kappa shape index (κ2) is 2.56. The molecule has 0 bridgehead atoms. The molecule has 0 aliphatic heterocycles. The molecular formula is C6H14OSi2. The Balaban J connectivity index is 3.75. The molecule has 0 saturated heterocycles. The summed E-state index contributed by atoms with van der Waals surface area (Å²) in [5, 5.41) is 0. The van der Waals surface area contributed by atoms with E-state index in [-0.39, 0.29) is 0 Å². The van der Waals surface area contributed by atoms with E-state index in [9.17, 15) is 0 Å². The van der Waals surface area contributed by atoms with Crippen molar-refractivity contribution in [1.29, 1.82) is 0 Å². The Bertz CT molecular complexity index is 76.2. The van der Waals surface area contributed by atoms with Gasteiger partial charge in [0, 0.05) is 0 Å². The van der Waals surface area contributed by atoms with E-state index in [0.29, 0.717) is 0 Å². The molecule has 4 radical (unpaired) electrons. The number of hydrogen-bond acceptors (Lipinski definition) is 1. The summed E-state index contributed by atoms with van der Waals surface area (Å²) < 4.78 is 5.46. The predicted octanol–water partition coefficient (Wildman–Crippen LogP) is 1.91. The zero-order valence-corrected chi connectivity index (χ0v) is 8.56. The first-order valence-corrected chi connectivity index (χ1v) is 8.96. The van der Waals surface area contributed by atoms with Crippen LogP contribution in [-0.2, 0) is 4.12 Å². The summed E-state index contributed by atoms with van der Waals surface area (Å²) >= 11 is 0.